The van der Waals surface area contributed by atoms with Crippen molar-refractivity contribution >= 4 is 28.7 Å². The lowest BCUT2D eigenvalue weighted by atomic mass is 10.2. The van der Waals surface area contributed by atoms with Gasteiger partial charge in [-0.05, 0) is 6.92 Å². The molecule has 2 heterocycles. The lowest BCUT2D eigenvalue weighted by molar-refractivity contribution is -0.385. The molecule has 0 radical (unpaired) electrons. The van der Waals surface area contributed by atoms with E-state index in [9.17, 15) is 14.9 Å². The fraction of sp³-hybridized carbons (Fsp3) is 0.250. The number of nitrogens with one attached hydrogen (secondary N) is 2. The summed E-state index contributed by atoms with van der Waals surface area (Å²) >= 11 is 1.42. The van der Waals surface area contributed by atoms with Gasteiger partial charge in [0.2, 0.25) is 0 Å². The molecule has 0 aliphatic rings. The molecule has 0 saturated carbocycles. The maximum Gasteiger partial charge on any atom is 0.288 e. The van der Waals surface area contributed by atoms with Crippen LogP contribution in [-0.2, 0) is 0 Å². The Hall–Kier alpha value is -2.55. The first-order valence-corrected chi connectivity index (χ1v) is 6.93. The summed E-state index contributed by atoms with van der Waals surface area (Å²) in [7, 11) is 1.59. The van der Waals surface area contributed by atoms with E-state index in [0.717, 1.165) is 11.2 Å². The normalized spacial score (nSPS) is 11.7. The number of rotatable bonds is 5. The van der Waals surface area contributed by atoms with Crippen LogP contribution in [0.1, 0.15) is 28.3 Å². The van der Waals surface area contributed by atoms with Crippen LogP contribution >= 0.6 is 11.3 Å². The summed E-state index contributed by atoms with van der Waals surface area (Å²) in [4.78, 5) is 30.5. The predicted octanol–water partition coefficient (Wildman–Crippen LogP) is 1.98. The number of amides is 1. The summed E-state index contributed by atoms with van der Waals surface area (Å²) in [5.41, 5.74) is -0.115. The molecule has 9 heteroatoms. The molecule has 1 amide bonds. The number of anilines is 1. The molecule has 2 N–H and O–H groups in total. The van der Waals surface area contributed by atoms with Crippen LogP contribution in [-0.4, -0.2) is 27.8 Å². The standard InChI is InChI=1S/C12H13N5O3S/c1-7(12-14-3-4-21-12)16-11(18)9-5-8(17(19)20)6-15-10(9)13-2/h3-7H,1-2H3,(H,13,15)(H,16,18). The lowest BCUT2D eigenvalue weighted by Gasteiger charge is -2.13. The van der Waals surface area contributed by atoms with Gasteiger partial charge in [-0.1, -0.05) is 0 Å². The highest BCUT2D eigenvalue weighted by atomic mass is 32.1. The summed E-state index contributed by atoms with van der Waals surface area (Å²) in [5, 5.41) is 18.8. The van der Waals surface area contributed by atoms with Gasteiger partial charge in [0.15, 0.2) is 0 Å². The van der Waals surface area contributed by atoms with E-state index in [-0.39, 0.29) is 23.1 Å². The second-order valence-electron chi connectivity index (χ2n) is 4.16. The second-order valence-corrected chi connectivity index (χ2v) is 5.09. The minimum atomic E-state index is -0.590. The third-order valence-electron chi connectivity index (χ3n) is 2.73. The molecule has 2 aromatic heterocycles. The molecule has 1 unspecified atom stereocenters. The Morgan fingerprint density at radius 2 is 2.24 bits per heavy atom. The first-order chi connectivity index (χ1) is 10.0. The highest BCUT2D eigenvalue weighted by molar-refractivity contribution is 7.09. The van der Waals surface area contributed by atoms with E-state index in [2.05, 4.69) is 20.6 Å². The van der Waals surface area contributed by atoms with Crippen molar-refractivity contribution in [2.24, 2.45) is 0 Å². The highest BCUT2D eigenvalue weighted by Gasteiger charge is 2.20. The topological polar surface area (TPSA) is 110 Å². The molecular formula is C12H13N5O3S. The molecule has 0 spiro atoms. The summed E-state index contributed by atoms with van der Waals surface area (Å²) in [6, 6.07) is 0.907. The largest absolute Gasteiger partial charge is 0.372 e. The minimum absolute atomic E-state index is 0.120. The fourth-order valence-electron chi connectivity index (χ4n) is 1.71. The Morgan fingerprint density at radius 1 is 1.48 bits per heavy atom. The average molecular weight is 307 g/mol. The Morgan fingerprint density at radius 3 is 2.81 bits per heavy atom. The summed E-state index contributed by atoms with van der Waals surface area (Å²) in [6.45, 7) is 1.79. The number of nitrogens with zero attached hydrogens (tertiary/aromatic N) is 3. The summed E-state index contributed by atoms with van der Waals surface area (Å²) in [6.07, 6.45) is 2.75. The quantitative estimate of drug-likeness (QED) is 0.645. The van der Waals surface area contributed by atoms with Gasteiger partial charge >= 0.3 is 0 Å². The van der Waals surface area contributed by atoms with Gasteiger partial charge in [-0.15, -0.1) is 11.3 Å². The number of hydrogen-bond donors (Lipinski definition) is 2. The molecule has 2 rings (SSSR count). The van der Waals surface area contributed by atoms with Crippen LogP contribution < -0.4 is 10.6 Å². The second kappa shape index (κ2) is 6.27. The lowest BCUT2D eigenvalue weighted by Crippen LogP contribution is -2.27. The van der Waals surface area contributed by atoms with Crippen LogP contribution in [0.4, 0.5) is 11.5 Å². The predicted molar refractivity (Wildman–Crippen MR) is 78.4 cm³/mol. The van der Waals surface area contributed by atoms with Gasteiger partial charge in [-0.3, -0.25) is 14.9 Å². The van der Waals surface area contributed by atoms with Crippen molar-refractivity contribution in [1.29, 1.82) is 0 Å². The van der Waals surface area contributed by atoms with Crippen LogP contribution in [0.15, 0.2) is 23.8 Å². The molecule has 8 nitrogen and oxygen atoms in total. The van der Waals surface area contributed by atoms with E-state index in [1.54, 1.807) is 20.2 Å². The number of carbonyl (C=O) groups excluding carboxylic acids is 1. The Labute approximate surface area is 124 Å². The van der Waals surface area contributed by atoms with Crippen molar-refractivity contribution < 1.29 is 9.72 Å². The van der Waals surface area contributed by atoms with Gasteiger partial charge in [0.1, 0.15) is 17.0 Å². The number of thiazole rings is 1. The molecule has 1 atom stereocenters. The van der Waals surface area contributed by atoms with E-state index in [0.29, 0.717) is 0 Å². The summed E-state index contributed by atoms with van der Waals surface area (Å²) < 4.78 is 0. The van der Waals surface area contributed by atoms with E-state index in [1.165, 1.54) is 17.4 Å². The molecular weight excluding hydrogens is 294 g/mol. The van der Waals surface area contributed by atoms with Gasteiger partial charge in [0.25, 0.3) is 11.6 Å². The molecule has 0 bridgehead atoms. The fourth-order valence-corrected chi connectivity index (χ4v) is 2.36. The molecule has 0 saturated heterocycles. The molecule has 110 valence electrons. The third kappa shape index (κ3) is 3.31. The number of hydrogen-bond acceptors (Lipinski definition) is 7. The van der Waals surface area contributed by atoms with Crippen molar-refractivity contribution in [2.75, 3.05) is 12.4 Å². The monoisotopic (exact) mass is 307 g/mol. The molecule has 0 aliphatic carbocycles. The highest BCUT2D eigenvalue weighted by Crippen LogP contribution is 2.21. The maximum absolute atomic E-state index is 12.3. The first kappa shape index (κ1) is 14.9. The Balaban J connectivity index is 2.25. The maximum atomic E-state index is 12.3. The van der Waals surface area contributed by atoms with Crippen molar-refractivity contribution in [3.8, 4) is 0 Å². The van der Waals surface area contributed by atoms with Crippen molar-refractivity contribution in [3.05, 3.63) is 44.5 Å². The smallest absolute Gasteiger partial charge is 0.288 e. The zero-order valence-electron chi connectivity index (χ0n) is 11.4. The Kier molecular flexibility index (Phi) is 4.43. The van der Waals surface area contributed by atoms with E-state index < -0.39 is 10.8 Å². The molecule has 0 fully saturated rings. The van der Waals surface area contributed by atoms with E-state index >= 15 is 0 Å². The molecule has 21 heavy (non-hydrogen) atoms. The van der Waals surface area contributed by atoms with E-state index in [1.807, 2.05) is 5.38 Å². The number of aromatic nitrogens is 2. The van der Waals surface area contributed by atoms with Crippen molar-refractivity contribution in [1.82, 2.24) is 15.3 Å². The van der Waals surface area contributed by atoms with Crippen LogP contribution in [0.5, 0.6) is 0 Å². The van der Waals surface area contributed by atoms with E-state index in [4.69, 9.17) is 0 Å². The molecule has 2 aromatic rings. The molecule has 0 aliphatic heterocycles. The number of carbonyl (C=O) groups is 1. The first-order valence-electron chi connectivity index (χ1n) is 6.05. The zero-order valence-corrected chi connectivity index (χ0v) is 12.2. The summed E-state index contributed by atoms with van der Waals surface area (Å²) in [5.74, 6) is -0.164. The molecule has 0 aromatic carbocycles. The third-order valence-corrected chi connectivity index (χ3v) is 3.69. The Bertz CT molecular complexity index is 659. The number of pyridine rings is 1. The SMILES string of the molecule is CNc1ncc([N+](=O)[O-])cc1C(=O)NC(C)c1nccs1. The van der Waals surface area contributed by atoms with Gasteiger partial charge in [0.05, 0.1) is 16.5 Å². The van der Waals surface area contributed by atoms with Crippen LogP contribution in [0.2, 0.25) is 0 Å². The van der Waals surface area contributed by atoms with Crippen molar-refractivity contribution in [3.63, 3.8) is 0 Å². The van der Waals surface area contributed by atoms with Crippen LogP contribution in [0.3, 0.4) is 0 Å². The van der Waals surface area contributed by atoms with Gasteiger partial charge in [-0.25, -0.2) is 9.97 Å². The minimum Gasteiger partial charge on any atom is -0.372 e. The number of nitro groups is 1. The van der Waals surface area contributed by atoms with Gasteiger partial charge in [0, 0.05) is 24.7 Å². The zero-order chi connectivity index (χ0) is 15.4. The average Bonchev–Trinajstić information content (AvgIpc) is 3.00. The van der Waals surface area contributed by atoms with Crippen LogP contribution in [0, 0.1) is 10.1 Å². The van der Waals surface area contributed by atoms with Gasteiger partial charge < -0.3 is 10.6 Å². The van der Waals surface area contributed by atoms with Crippen LogP contribution in [0.25, 0.3) is 0 Å². The van der Waals surface area contributed by atoms with Crippen molar-refractivity contribution in [2.45, 2.75) is 13.0 Å². The van der Waals surface area contributed by atoms with Gasteiger partial charge in [-0.2, -0.15) is 0 Å².